The second-order valence-electron chi connectivity index (χ2n) is 6.86. The average Bonchev–Trinajstić information content (AvgIpc) is 2.57. The molecule has 1 aliphatic heterocycles. The van der Waals surface area contributed by atoms with Crippen molar-refractivity contribution < 1.29 is 18.4 Å². The minimum Gasteiger partial charge on any atom is -0.497 e. The summed E-state index contributed by atoms with van der Waals surface area (Å²) in [5.41, 5.74) is 0.506. The normalized spacial score (nSPS) is 20.1. The van der Waals surface area contributed by atoms with Gasteiger partial charge in [-0.1, -0.05) is 19.9 Å². The fourth-order valence-corrected chi connectivity index (χ4v) is 2.36. The molecule has 2 rings (SSSR count). The highest BCUT2D eigenvalue weighted by Crippen LogP contribution is 2.37. The number of rotatable bonds is 3. The maximum atomic E-state index is 14.1. The van der Waals surface area contributed by atoms with Crippen LogP contribution in [0.5, 0.6) is 5.75 Å². The standard InChI is InChI=1S/C16H24BFO3/c1-10(2)11-8-12(14(19-7)9-13(11)18)17-20-15(3,4)16(5,6)21-17/h8-10H,1-7H3. The molecule has 5 heteroatoms. The van der Waals surface area contributed by atoms with E-state index >= 15 is 0 Å². The number of hydrogen-bond acceptors (Lipinski definition) is 3. The first-order valence-corrected chi connectivity index (χ1v) is 7.32. The molecule has 0 spiro atoms. The number of halogens is 1. The van der Waals surface area contributed by atoms with Gasteiger partial charge in [0.05, 0.1) is 18.3 Å². The van der Waals surface area contributed by atoms with Gasteiger partial charge in [0.2, 0.25) is 0 Å². The summed E-state index contributed by atoms with van der Waals surface area (Å²) in [7, 11) is 0.974. The van der Waals surface area contributed by atoms with Crippen molar-refractivity contribution in [3.05, 3.63) is 23.5 Å². The van der Waals surface area contributed by atoms with Crippen molar-refractivity contribution in [2.45, 2.75) is 58.7 Å². The molecule has 21 heavy (non-hydrogen) atoms. The lowest BCUT2D eigenvalue weighted by atomic mass is 9.76. The van der Waals surface area contributed by atoms with Crippen molar-refractivity contribution in [2.75, 3.05) is 7.11 Å². The predicted octanol–water partition coefficient (Wildman–Crippen LogP) is 3.26. The van der Waals surface area contributed by atoms with Crippen LogP contribution in [-0.4, -0.2) is 25.4 Å². The summed E-state index contributed by atoms with van der Waals surface area (Å²) in [6, 6.07) is 3.21. The molecule has 1 aromatic carbocycles. The maximum Gasteiger partial charge on any atom is 0.498 e. The van der Waals surface area contributed by atoms with Crippen molar-refractivity contribution in [1.82, 2.24) is 0 Å². The SMILES string of the molecule is COc1cc(F)c(C(C)C)cc1B1OC(C)(C)C(C)(C)O1. The van der Waals surface area contributed by atoms with Crippen LogP contribution in [0.25, 0.3) is 0 Å². The topological polar surface area (TPSA) is 27.7 Å². The van der Waals surface area contributed by atoms with E-state index in [1.165, 1.54) is 13.2 Å². The van der Waals surface area contributed by atoms with Crippen LogP contribution in [0.1, 0.15) is 53.0 Å². The van der Waals surface area contributed by atoms with Crippen molar-refractivity contribution in [3.63, 3.8) is 0 Å². The van der Waals surface area contributed by atoms with Crippen LogP contribution in [0.2, 0.25) is 0 Å². The van der Waals surface area contributed by atoms with Gasteiger partial charge in [0.1, 0.15) is 11.6 Å². The molecule has 0 aliphatic carbocycles. The van der Waals surface area contributed by atoms with Gasteiger partial charge in [-0.3, -0.25) is 0 Å². The van der Waals surface area contributed by atoms with E-state index in [1.54, 1.807) is 6.07 Å². The molecule has 3 nitrogen and oxygen atoms in total. The second kappa shape index (κ2) is 5.29. The molecule has 0 saturated carbocycles. The van der Waals surface area contributed by atoms with Crippen LogP contribution in [0.15, 0.2) is 12.1 Å². The Morgan fingerprint density at radius 3 is 2.05 bits per heavy atom. The first-order chi connectivity index (χ1) is 9.59. The minimum absolute atomic E-state index is 0.0806. The van der Waals surface area contributed by atoms with Gasteiger partial charge in [0, 0.05) is 11.5 Å². The average molecular weight is 294 g/mol. The van der Waals surface area contributed by atoms with Gasteiger partial charge in [-0.2, -0.15) is 0 Å². The summed E-state index contributed by atoms with van der Waals surface area (Å²) in [6.07, 6.45) is 0. The Balaban J connectivity index is 2.47. The third kappa shape index (κ3) is 2.81. The van der Waals surface area contributed by atoms with Gasteiger partial charge < -0.3 is 14.0 Å². The van der Waals surface area contributed by atoms with E-state index in [0.717, 1.165) is 5.46 Å². The van der Waals surface area contributed by atoms with Gasteiger partial charge in [0.25, 0.3) is 0 Å². The predicted molar refractivity (Wildman–Crippen MR) is 82.8 cm³/mol. The van der Waals surface area contributed by atoms with E-state index in [1.807, 2.05) is 41.5 Å². The largest absolute Gasteiger partial charge is 0.498 e. The number of hydrogen-bond donors (Lipinski definition) is 0. The Morgan fingerprint density at radius 2 is 1.62 bits per heavy atom. The second-order valence-corrected chi connectivity index (χ2v) is 6.86. The Hall–Kier alpha value is -1.07. The van der Waals surface area contributed by atoms with Crippen molar-refractivity contribution in [3.8, 4) is 5.75 Å². The molecule has 0 amide bonds. The minimum atomic E-state index is -0.553. The highest BCUT2D eigenvalue weighted by atomic mass is 19.1. The third-order valence-electron chi connectivity index (χ3n) is 4.48. The molecule has 0 radical (unpaired) electrons. The van der Waals surface area contributed by atoms with Gasteiger partial charge in [-0.25, -0.2) is 4.39 Å². The summed E-state index contributed by atoms with van der Waals surface area (Å²) >= 11 is 0. The van der Waals surface area contributed by atoms with Crippen LogP contribution < -0.4 is 10.2 Å². The molecule has 0 aromatic heterocycles. The fourth-order valence-electron chi connectivity index (χ4n) is 2.36. The smallest absolute Gasteiger partial charge is 0.497 e. The molecule has 116 valence electrons. The zero-order chi connectivity index (χ0) is 16.0. The highest BCUT2D eigenvalue weighted by molar-refractivity contribution is 6.63. The van der Waals surface area contributed by atoms with E-state index in [0.29, 0.717) is 11.3 Å². The molecule has 0 bridgehead atoms. The maximum absolute atomic E-state index is 14.1. The van der Waals surface area contributed by atoms with Crippen molar-refractivity contribution >= 4 is 12.6 Å². The molecule has 1 aliphatic rings. The first kappa shape index (κ1) is 16.3. The molecule has 0 atom stereocenters. The lowest BCUT2D eigenvalue weighted by Crippen LogP contribution is -2.41. The first-order valence-electron chi connectivity index (χ1n) is 7.32. The van der Waals surface area contributed by atoms with E-state index in [-0.39, 0.29) is 11.7 Å². The Kier molecular flexibility index (Phi) is 4.11. The summed E-state index contributed by atoms with van der Waals surface area (Å²) < 4.78 is 31.5. The number of methoxy groups -OCH3 is 1. The summed E-state index contributed by atoms with van der Waals surface area (Å²) in [5, 5.41) is 0. The zero-order valence-corrected chi connectivity index (χ0v) is 13.9. The van der Waals surface area contributed by atoms with Crippen molar-refractivity contribution in [1.29, 1.82) is 0 Å². The number of ether oxygens (including phenoxy) is 1. The summed E-state index contributed by atoms with van der Waals surface area (Å²) in [4.78, 5) is 0. The highest BCUT2D eigenvalue weighted by Gasteiger charge is 2.52. The molecule has 0 N–H and O–H groups in total. The molecular formula is C16H24BFO3. The van der Waals surface area contributed by atoms with Crippen molar-refractivity contribution in [2.24, 2.45) is 0 Å². The molecule has 1 fully saturated rings. The van der Waals surface area contributed by atoms with E-state index in [2.05, 4.69) is 0 Å². The quantitative estimate of drug-likeness (QED) is 0.801. The Labute approximate surface area is 126 Å². The third-order valence-corrected chi connectivity index (χ3v) is 4.48. The van der Waals surface area contributed by atoms with Gasteiger partial charge >= 0.3 is 7.12 Å². The molecular weight excluding hydrogens is 270 g/mol. The van der Waals surface area contributed by atoms with Crippen LogP contribution >= 0.6 is 0 Å². The Bertz CT molecular complexity index is 525. The van der Waals surface area contributed by atoms with Crippen LogP contribution in [-0.2, 0) is 9.31 Å². The number of benzene rings is 1. The molecule has 1 heterocycles. The van der Waals surface area contributed by atoms with Crippen LogP contribution in [0.3, 0.4) is 0 Å². The van der Waals surface area contributed by atoms with E-state index < -0.39 is 18.3 Å². The van der Waals surface area contributed by atoms with E-state index in [9.17, 15) is 4.39 Å². The monoisotopic (exact) mass is 294 g/mol. The van der Waals surface area contributed by atoms with Crippen LogP contribution in [0, 0.1) is 5.82 Å². The molecule has 0 unspecified atom stereocenters. The van der Waals surface area contributed by atoms with E-state index in [4.69, 9.17) is 14.0 Å². The van der Waals surface area contributed by atoms with Gasteiger partial charge in [-0.05, 0) is 39.2 Å². The Morgan fingerprint density at radius 1 is 1.10 bits per heavy atom. The lowest BCUT2D eigenvalue weighted by molar-refractivity contribution is 0.00578. The zero-order valence-electron chi connectivity index (χ0n) is 13.9. The summed E-state index contributed by atoms with van der Waals surface area (Å²) in [6.45, 7) is 11.9. The molecule has 1 saturated heterocycles. The van der Waals surface area contributed by atoms with Gasteiger partial charge in [-0.15, -0.1) is 0 Å². The van der Waals surface area contributed by atoms with Crippen LogP contribution in [0.4, 0.5) is 4.39 Å². The van der Waals surface area contributed by atoms with Gasteiger partial charge in [0.15, 0.2) is 0 Å². The molecule has 1 aromatic rings. The fraction of sp³-hybridized carbons (Fsp3) is 0.625. The summed E-state index contributed by atoms with van der Waals surface area (Å²) in [5.74, 6) is 0.273. The lowest BCUT2D eigenvalue weighted by Gasteiger charge is -2.32.